The lowest BCUT2D eigenvalue weighted by Gasteiger charge is -2.10. The van der Waals surface area contributed by atoms with E-state index in [4.69, 9.17) is 9.47 Å². The van der Waals surface area contributed by atoms with Gasteiger partial charge in [-0.1, -0.05) is 0 Å². The molecule has 1 heterocycles. The van der Waals surface area contributed by atoms with Crippen LogP contribution in [0.5, 0.6) is 11.5 Å². The molecule has 1 aromatic heterocycles. The highest BCUT2D eigenvalue weighted by Gasteiger charge is 2.12. The molecule has 0 saturated heterocycles. The van der Waals surface area contributed by atoms with Gasteiger partial charge in [-0.05, 0) is 32.9 Å². The van der Waals surface area contributed by atoms with Gasteiger partial charge in [0.1, 0.15) is 11.5 Å². The second-order valence-corrected chi connectivity index (χ2v) is 5.52. The van der Waals surface area contributed by atoms with Gasteiger partial charge in [-0.15, -0.1) is 11.3 Å². The Hall–Kier alpha value is -2.08. The fourth-order valence-corrected chi connectivity index (χ4v) is 2.44. The van der Waals surface area contributed by atoms with Crippen LogP contribution in [0, 0.1) is 6.92 Å². The van der Waals surface area contributed by atoms with Crippen LogP contribution in [0.3, 0.4) is 0 Å². The number of hydrogen-bond donors (Lipinski definition) is 1. The lowest BCUT2D eigenvalue weighted by molar-refractivity contribution is 0.102. The van der Waals surface area contributed by atoms with Gasteiger partial charge < -0.3 is 9.47 Å². The molecule has 112 valence electrons. The molecule has 1 amide bonds. The van der Waals surface area contributed by atoms with E-state index < -0.39 is 0 Å². The highest BCUT2D eigenvalue weighted by Crippen LogP contribution is 2.24. The number of benzene rings is 1. The van der Waals surface area contributed by atoms with E-state index in [1.54, 1.807) is 24.4 Å². The molecular weight excluding hydrogens is 288 g/mol. The number of carbonyl (C=O) groups is 1. The first-order valence-corrected chi connectivity index (χ1v) is 7.58. The van der Waals surface area contributed by atoms with Crippen LogP contribution in [-0.4, -0.2) is 24.1 Å². The normalized spacial score (nSPS) is 10.2. The number of aryl methyl sites for hydroxylation is 1. The maximum atomic E-state index is 12.3. The highest BCUT2D eigenvalue weighted by molar-refractivity contribution is 7.15. The Bertz CT molecular complexity index is 601. The van der Waals surface area contributed by atoms with Crippen LogP contribution in [0.15, 0.2) is 24.4 Å². The average Bonchev–Trinajstić information content (AvgIpc) is 2.84. The molecule has 0 radical (unpaired) electrons. The van der Waals surface area contributed by atoms with Gasteiger partial charge in [-0.2, -0.15) is 0 Å². The Labute approximate surface area is 127 Å². The number of hydrogen-bond acceptors (Lipinski definition) is 5. The molecule has 0 aliphatic rings. The lowest BCUT2D eigenvalue weighted by Crippen LogP contribution is -2.12. The van der Waals surface area contributed by atoms with Crippen molar-refractivity contribution < 1.29 is 14.3 Å². The number of aromatic nitrogens is 1. The van der Waals surface area contributed by atoms with Crippen molar-refractivity contribution in [3.63, 3.8) is 0 Å². The van der Waals surface area contributed by atoms with E-state index in [9.17, 15) is 4.79 Å². The van der Waals surface area contributed by atoms with Gasteiger partial charge in [-0.3, -0.25) is 10.1 Å². The van der Waals surface area contributed by atoms with Crippen molar-refractivity contribution in [3.8, 4) is 11.5 Å². The van der Waals surface area contributed by atoms with Crippen LogP contribution in [0.2, 0.25) is 0 Å². The number of amides is 1. The number of nitrogens with one attached hydrogen (secondary N) is 1. The van der Waals surface area contributed by atoms with E-state index in [1.807, 2.05) is 20.8 Å². The molecule has 1 aromatic carbocycles. The summed E-state index contributed by atoms with van der Waals surface area (Å²) in [6.07, 6.45) is 1.72. The number of carbonyl (C=O) groups excluding carboxylic acids is 1. The van der Waals surface area contributed by atoms with Crippen LogP contribution in [0.25, 0.3) is 0 Å². The Morgan fingerprint density at radius 1 is 1.19 bits per heavy atom. The summed E-state index contributed by atoms with van der Waals surface area (Å²) < 4.78 is 10.9. The van der Waals surface area contributed by atoms with Crippen molar-refractivity contribution in [3.05, 3.63) is 34.8 Å². The maximum Gasteiger partial charge on any atom is 0.257 e. The number of anilines is 1. The number of ether oxygens (including phenoxy) is 2. The van der Waals surface area contributed by atoms with Crippen LogP contribution in [-0.2, 0) is 0 Å². The Morgan fingerprint density at radius 2 is 1.81 bits per heavy atom. The summed E-state index contributed by atoms with van der Waals surface area (Å²) in [4.78, 5) is 17.4. The van der Waals surface area contributed by atoms with Gasteiger partial charge in [0.2, 0.25) is 0 Å². The number of thiazole rings is 1. The summed E-state index contributed by atoms with van der Waals surface area (Å²) in [5.74, 6) is 1.000. The first-order chi connectivity index (χ1) is 10.1. The van der Waals surface area contributed by atoms with E-state index in [1.165, 1.54) is 11.3 Å². The SMILES string of the molecule is CCOc1cc(OCC)cc(C(=O)Nc2ncc(C)s2)c1. The average molecular weight is 306 g/mol. The smallest absolute Gasteiger partial charge is 0.257 e. The molecule has 0 fully saturated rings. The summed E-state index contributed by atoms with van der Waals surface area (Å²) in [6, 6.07) is 5.17. The third kappa shape index (κ3) is 4.19. The van der Waals surface area contributed by atoms with Crippen molar-refractivity contribution in [2.24, 2.45) is 0 Å². The standard InChI is InChI=1S/C15H18N2O3S/c1-4-19-12-6-11(7-13(8-12)20-5-2)14(18)17-15-16-9-10(3)21-15/h6-9H,4-5H2,1-3H3,(H,16,17,18). The quantitative estimate of drug-likeness (QED) is 0.887. The van der Waals surface area contributed by atoms with E-state index in [2.05, 4.69) is 10.3 Å². The summed E-state index contributed by atoms with van der Waals surface area (Å²) in [5, 5.41) is 3.36. The van der Waals surface area contributed by atoms with E-state index in [-0.39, 0.29) is 5.91 Å². The predicted octanol–water partition coefficient (Wildman–Crippen LogP) is 3.50. The zero-order valence-electron chi connectivity index (χ0n) is 12.3. The molecule has 1 N–H and O–H groups in total. The molecule has 21 heavy (non-hydrogen) atoms. The van der Waals surface area contributed by atoms with Gasteiger partial charge in [0.05, 0.1) is 13.2 Å². The maximum absolute atomic E-state index is 12.3. The van der Waals surface area contributed by atoms with Gasteiger partial charge in [0.15, 0.2) is 5.13 Å². The minimum atomic E-state index is -0.230. The summed E-state index contributed by atoms with van der Waals surface area (Å²) in [7, 11) is 0. The third-order valence-electron chi connectivity index (χ3n) is 2.61. The fraction of sp³-hybridized carbons (Fsp3) is 0.333. The predicted molar refractivity (Wildman–Crippen MR) is 83.6 cm³/mol. The molecule has 2 rings (SSSR count). The summed E-state index contributed by atoms with van der Waals surface area (Å²) >= 11 is 1.43. The second kappa shape index (κ2) is 7.08. The van der Waals surface area contributed by atoms with Crippen molar-refractivity contribution >= 4 is 22.4 Å². The zero-order valence-corrected chi connectivity index (χ0v) is 13.1. The largest absolute Gasteiger partial charge is 0.494 e. The van der Waals surface area contributed by atoms with Crippen molar-refractivity contribution in [1.82, 2.24) is 4.98 Å². The lowest BCUT2D eigenvalue weighted by atomic mass is 10.2. The molecule has 0 aliphatic heterocycles. The van der Waals surface area contributed by atoms with Gasteiger partial charge in [0, 0.05) is 22.7 Å². The first kappa shape index (κ1) is 15.3. The molecule has 0 atom stereocenters. The van der Waals surface area contributed by atoms with Crippen LogP contribution in [0.4, 0.5) is 5.13 Å². The first-order valence-electron chi connectivity index (χ1n) is 6.76. The summed E-state index contributed by atoms with van der Waals surface area (Å²) in [5.41, 5.74) is 0.484. The number of nitrogens with zero attached hydrogens (tertiary/aromatic N) is 1. The monoisotopic (exact) mass is 306 g/mol. The third-order valence-corrected chi connectivity index (χ3v) is 3.43. The minimum absolute atomic E-state index is 0.230. The van der Waals surface area contributed by atoms with Gasteiger partial charge >= 0.3 is 0 Å². The van der Waals surface area contributed by atoms with Crippen LogP contribution in [0.1, 0.15) is 29.1 Å². The van der Waals surface area contributed by atoms with Crippen molar-refractivity contribution in [1.29, 1.82) is 0 Å². The summed E-state index contributed by atoms with van der Waals surface area (Å²) in [6.45, 7) is 6.79. The molecule has 0 saturated carbocycles. The Kier molecular flexibility index (Phi) is 5.16. The van der Waals surface area contributed by atoms with Crippen LogP contribution >= 0.6 is 11.3 Å². The molecule has 5 nitrogen and oxygen atoms in total. The van der Waals surface area contributed by atoms with Crippen molar-refractivity contribution in [2.75, 3.05) is 18.5 Å². The molecule has 6 heteroatoms. The Balaban J connectivity index is 2.21. The minimum Gasteiger partial charge on any atom is -0.494 e. The fourth-order valence-electron chi connectivity index (χ4n) is 1.78. The molecule has 0 aliphatic carbocycles. The van der Waals surface area contributed by atoms with Crippen LogP contribution < -0.4 is 14.8 Å². The molecule has 0 bridgehead atoms. The topological polar surface area (TPSA) is 60.5 Å². The number of rotatable bonds is 6. The van der Waals surface area contributed by atoms with E-state index in [0.717, 1.165) is 4.88 Å². The van der Waals surface area contributed by atoms with Crippen molar-refractivity contribution in [2.45, 2.75) is 20.8 Å². The van der Waals surface area contributed by atoms with Gasteiger partial charge in [-0.25, -0.2) is 4.98 Å². The molecule has 0 unspecified atom stereocenters. The van der Waals surface area contributed by atoms with E-state index >= 15 is 0 Å². The second-order valence-electron chi connectivity index (χ2n) is 4.29. The van der Waals surface area contributed by atoms with E-state index in [0.29, 0.717) is 35.4 Å². The zero-order chi connectivity index (χ0) is 15.2. The van der Waals surface area contributed by atoms with Gasteiger partial charge in [0.25, 0.3) is 5.91 Å². The molecular formula is C15H18N2O3S. The molecule has 0 spiro atoms. The highest BCUT2D eigenvalue weighted by atomic mass is 32.1. The molecule has 2 aromatic rings. The Morgan fingerprint density at radius 3 is 2.29 bits per heavy atom.